The summed E-state index contributed by atoms with van der Waals surface area (Å²) in [7, 11) is -2.51. The van der Waals surface area contributed by atoms with Crippen molar-refractivity contribution >= 4 is 33.3 Å². The summed E-state index contributed by atoms with van der Waals surface area (Å²) in [6, 6.07) is 17.3. The third-order valence-electron chi connectivity index (χ3n) is 9.07. The first-order valence-corrected chi connectivity index (χ1v) is 20.1. The number of sulfonamides is 1. The number of rotatable bonds is 16. The van der Waals surface area contributed by atoms with Crippen LogP contribution in [0, 0.1) is 11.3 Å². The van der Waals surface area contributed by atoms with E-state index in [4.69, 9.17) is 9.72 Å². The van der Waals surface area contributed by atoms with Crippen LogP contribution in [0.2, 0.25) is 0 Å². The third-order valence-corrected chi connectivity index (χ3v) is 11.9. The van der Waals surface area contributed by atoms with Gasteiger partial charge in [-0.15, -0.1) is 11.3 Å². The Morgan fingerprint density at radius 2 is 1.75 bits per heavy atom. The van der Waals surface area contributed by atoms with Gasteiger partial charge in [-0.05, 0) is 59.7 Å². The lowest BCUT2D eigenvalue weighted by Gasteiger charge is -2.38. The molecule has 4 aromatic rings. The zero-order chi connectivity index (χ0) is 38.3. The highest BCUT2D eigenvalue weighted by atomic mass is 32.2. The van der Waals surface area contributed by atoms with Crippen molar-refractivity contribution < 1.29 is 27.9 Å². The highest BCUT2D eigenvalue weighted by Crippen LogP contribution is 2.30. The molecule has 1 aliphatic heterocycles. The Balaban J connectivity index is 1.36. The molecular formula is C39H50N6O6S2. The fourth-order valence-electron chi connectivity index (χ4n) is 6.51. The molecule has 12 nitrogen and oxygen atoms in total. The minimum absolute atomic E-state index is 0.0435. The first kappa shape index (κ1) is 39.8. The highest BCUT2D eigenvalue weighted by Gasteiger charge is 2.44. The summed E-state index contributed by atoms with van der Waals surface area (Å²) in [5.74, 6) is 0.0581. The Labute approximate surface area is 316 Å². The van der Waals surface area contributed by atoms with Crippen LogP contribution < -0.4 is 10.1 Å². The number of hydrogen-bond donors (Lipinski definition) is 2. The zero-order valence-electron chi connectivity index (χ0n) is 31.2. The van der Waals surface area contributed by atoms with Crippen LogP contribution in [0.4, 0.5) is 4.79 Å². The lowest BCUT2D eigenvalue weighted by molar-refractivity contribution is -0.130. The normalized spacial score (nSPS) is 15.5. The van der Waals surface area contributed by atoms with Crippen molar-refractivity contribution in [2.24, 2.45) is 11.3 Å². The molecule has 2 aromatic carbocycles. The van der Waals surface area contributed by atoms with Gasteiger partial charge in [0.25, 0.3) is 0 Å². The van der Waals surface area contributed by atoms with Gasteiger partial charge >= 0.3 is 6.03 Å². The van der Waals surface area contributed by atoms with E-state index in [1.54, 1.807) is 34.3 Å². The van der Waals surface area contributed by atoms with Crippen LogP contribution in [0.3, 0.4) is 0 Å². The summed E-state index contributed by atoms with van der Waals surface area (Å²) < 4.78 is 34.3. The molecule has 2 aromatic heterocycles. The lowest BCUT2D eigenvalue weighted by Crippen LogP contribution is -2.59. The number of benzene rings is 2. The quantitative estimate of drug-likeness (QED) is 0.157. The highest BCUT2D eigenvalue weighted by molar-refractivity contribution is 7.89. The maximum Gasteiger partial charge on any atom is 0.321 e. The molecule has 1 unspecified atom stereocenters. The van der Waals surface area contributed by atoms with E-state index >= 15 is 0 Å². The Bertz CT molecular complexity index is 1920. The van der Waals surface area contributed by atoms with Gasteiger partial charge in [0.05, 0.1) is 36.4 Å². The van der Waals surface area contributed by atoms with Crippen molar-refractivity contribution in [2.45, 2.75) is 70.7 Å². The number of carbonyl (C=O) groups is 2. The summed E-state index contributed by atoms with van der Waals surface area (Å²) in [5, 5.41) is 17.7. The molecule has 14 heteroatoms. The second kappa shape index (κ2) is 17.2. The predicted molar refractivity (Wildman–Crippen MR) is 206 cm³/mol. The molecule has 1 aliphatic rings. The molecule has 0 radical (unpaired) electrons. The lowest BCUT2D eigenvalue weighted by atomic mass is 9.84. The average molecular weight is 763 g/mol. The van der Waals surface area contributed by atoms with Crippen LogP contribution in [0.15, 0.2) is 89.4 Å². The number of methoxy groups -OCH3 is 1. The van der Waals surface area contributed by atoms with Crippen molar-refractivity contribution in [3.05, 3.63) is 95.8 Å². The average Bonchev–Trinajstić information content (AvgIpc) is 3.74. The molecule has 2 N–H and O–H groups in total. The number of nitrogens with zero attached hydrogens (tertiary/aromatic N) is 5. The van der Waals surface area contributed by atoms with E-state index in [0.717, 1.165) is 21.8 Å². The molecule has 3 atom stereocenters. The van der Waals surface area contributed by atoms with Gasteiger partial charge in [-0.2, -0.15) is 4.31 Å². The van der Waals surface area contributed by atoms with Gasteiger partial charge in [-0.3, -0.25) is 9.78 Å². The van der Waals surface area contributed by atoms with Crippen LogP contribution in [0.1, 0.15) is 45.9 Å². The first-order valence-electron chi connectivity index (χ1n) is 17.7. The van der Waals surface area contributed by atoms with Gasteiger partial charge in [0, 0.05) is 49.5 Å². The molecule has 0 aliphatic carbocycles. The molecule has 284 valence electrons. The van der Waals surface area contributed by atoms with Crippen LogP contribution >= 0.6 is 11.3 Å². The summed E-state index contributed by atoms with van der Waals surface area (Å²) in [6.45, 7) is 10.5. The van der Waals surface area contributed by atoms with Crippen LogP contribution in [-0.4, -0.2) is 101 Å². The molecule has 3 heterocycles. The Kier molecular flexibility index (Phi) is 12.9. The molecule has 1 saturated heterocycles. The number of carbonyl (C=O) groups excluding carboxylic acids is 2. The van der Waals surface area contributed by atoms with E-state index in [1.807, 2.05) is 82.5 Å². The summed E-state index contributed by atoms with van der Waals surface area (Å²) in [4.78, 5) is 40.6. The number of pyridine rings is 1. The van der Waals surface area contributed by atoms with Crippen molar-refractivity contribution in [1.82, 2.24) is 29.4 Å². The second-order valence-electron chi connectivity index (χ2n) is 14.8. The number of nitrogens with one attached hydrogen (secondary N) is 1. The van der Waals surface area contributed by atoms with E-state index in [1.165, 1.54) is 34.9 Å². The third kappa shape index (κ3) is 9.99. The molecule has 0 spiro atoms. The van der Waals surface area contributed by atoms with E-state index in [2.05, 4.69) is 10.3 Å². The van der Waals surface area contributed by atoms with Crippen LogP contribution in [0.5, 0.6) is 5.75 Å². The molecule has 3 amide bonds. The van der Waals surface area contributed by atoms with Crippen LogP contribution in [-0.2, 0) is 27.8 Å². The smallest absolute Gasteiger partial charge is 0.321 e. The van der Waals surface area contributed by atoms with Crippen molar-refractivity contribution in [1.29, 1.82) is 0 Å². The maximum absolute atomic E-state index is 14.4. The molecule has 0 saturated carbocycles. The minimum atomic E-state index is -4.02. The summed E-state index contributed by atoms with van der Waals surface area (Å²) >= 11 is 1.49. The SMILES string of the molecule is COc1ccc(S(=O)(=O)N(CC(C)C)C[C@@H](O)[C@H](Cc2ccccc2)NC(=O)C(N2CCN(Cc3csc(-c4cccnc4)n3)C2=O)C(C)(C)C)cc1. The standard InChI is InChI=1S/C39H50N6O6S2/c1-27(2)23-44(53(49,50)32-16-14-31(51-6)15-17-32)25-34(46)33(21-28-11-8-7-9-12-28)42-36(47)35(39(3,4)5)45-20-19-43(38(45)48)24-30-26-52-37(41-30)29-13-10-18-40-22-29/h7-18,22,26-27,33-35,46H,19-21,23-25H2,1-6H3,(H,42,47)/t33-,34+,35?/m0/s1. The monoisotopic (exact) mass is 762 g/mol. The number of aromatic nitrogens is 2. The predicted octanol–water partition coefficient (Wildman–Crippen LogP) is 5.30. The first-order chi connectivity index (χ1) is 25.2. The number of urea groups is 1. The summed E-state index contributed by atoms with van der Waals surface area (Å²) in [5.41, 5.74) is 1.84. The van der Waals surface area contributed by atoms with Crippen molar-refractivity contribution in [2.75, 3.05) is 33.3 Å². The number of thiazole rings is 1. The molecular weight excluding hydrogens is 713 g/mol. The molecule has 0 bridgehead atoms. The van der Waals surface area contributed by atoms with Crippen molar-refractivity contribution in [3.8, 4) is 16.3 Å². The van der Waals surface area contributed by atoms with Crippen molar-refractivity contribution in [3.63, 3.8) is 0 Å². The minimum Gasteiger partial charge on any atom is -0.497 e. The Morgan fingerprint density at radius 3 is 2.38 bits per heavy atom. The number of aliphatic hydroxyl groups is 1. The number of hydrogen-bond acceptors (Lipinski definition) is 9. The Morgan fingerprint density at radius 1 is 1.04 bits per heavy atom. The van der Waals surface area contributed by atoms with Gasteiger partial charge in [0.15, 0.2) is 0 Å². The largest absolute Gasteiger partial charge is 0.497 e. The van der Waals surface area contributed by atoms with Gasteiger partial charge in [0.1, 0.15) is 16.8 Å². The van der Waals surface area contributed by atoms with Gasteiger partial charge < -0.3 is 25.0 Å². The maximum atomic E-state index is 14.4. The van der Waals surface area contributed by atoms with E-state index in [9.17, 15) is 23.1 Å². The fraction of sp³-hybridized carbons (Fsp3) is 0.436. The van der Waals surface area contributed by atoms with E-state index in [0.29, 0.717) is 25.4 Å². The molecule has 53 heavy (non-hydrogen) atoms. The second-order valence-corrected chi connectivity index (χ2v) is 17.6. The van der Waals surface area contributed by atoms with Crippen LogP contribution in [0.25, 0.3) is 10.6 Å². The van der Waals surface area contributed by atoms with Gasteiger partial charge in [-0.1, -0.05) is 65.0 Å². The number of amides is 3. The van der Waals surface area contributed by atoms with E-state index < -0.39 is 39.5 Å². The molecule has 5 rings (SSSR count). The zero-order valence-corrected chi connectivity index (χ0v) is 32.8. The van der Waals surface area contributed by atoms with E-state index in [-0.39, 0.29) is 36.4 Å². The molecule has 1 fully saturated rings. The Hall–Kier alpha value is -4.37. The number of ether oxygens (including phenoxy) is 1. The van der Waals surface area contributed by atoms with Gasteiger partial charge in [0.2, 0.25) is 15.9 Å². The topological polar surface area (TPSA) is 145 Å². The fourth-order valence-corrected chi connectivity index (χ4v) is 8.93. The summed E-state index contributed by atoms with van der Waals surface area (Å²) in [6.07, 6.45) is 2.42. The number of aliphatic hydroxyl groups excluding tert-OH is 1. The van der Waals surface area contributed by atoms with Gasteiger partial charge in [-0.25, -0.2) is 18.2 Å².